The number of fused-ring (bicyclic) bond motifs is 1. The van der Waals surface area contributed by atoms with E-state index in [1.54, 1.807) is 11.1 Å². The topological polar surface area (TPSA) is 106 Å². The molecule has 0 saturated carbocycles. The summed E-state index contributed by atoms with van der Waals surface area (Å²) in [5, 5.41) is 23.7. The molecule has 0 saturated heterocycles. The highest BCUT2D eigenvalue weighted by Crippen LogP contribution is 2.31. The largest absolute Gasteiger partial charge is 0.490 e. The standard InChI is InChI=1S/C17H17N5O2/c1-11(12-10-20-21-14(12)9-18)8-13(19)17(23)22-6-7-24-16-5-3-2-4-15(16)22/h2-5,10-11,19H,6-8H2,1H3,(H,20,21). The zero-order valence-electron chi connectivity index (χ0n) is 13.2. The van der Waals surface area contributed by atoms with Gasteiger partial charge >= 0.3 is 0 Å². The Kier molecular flexibility index (Phi) is 4.29. The average Bonchev–Trinajstić information content (AvgIpc) is 3.09. The number of rotatable bonds is 4. The van der Waals surface area contributed by atoms with Crippen molar-refractivity contribution in [3.05, 3.63) is 41.7 Å². The van der Waals surface area contributed by atoms with Gasteiger partial charge in [-0.05, 0) is 18.1 Å². The van der Waals surface area contributed by atoms with Crippen molar-refractivity contribution in [1.29, 1.82) is 10.7 Å². The minimum atomic E-state index is -0.334. The predicted octanol–water partition coefficient (Wildman–Crippen LogP) is 2.22. The van der Waals surface area contributed by atoms with Gasteiger partial charge in [0.05, 0.1) is 17.9 Å². The van der Waals surface area contributed by atoms with Crippen molar-refractivity contribution in [2.75, 3.05) is 18.1 Å². The Morgan fingerprint density at radius 3 is 3.12 bits per heavy atom. The first-order valence-corrected chi connectivity index (χ1v) is 7.66. The normalized spacial score (nSPS) is 14.2. The molecule has 1 atom stereocenters. The van der Waals surface area contributed by atoms with Crippen LogP contribution in [0.15, 0.2) is 30.5 Å². The van der Waals surface area contributed by atoms with Crippen LogP contribution < -0.4 is 9.64 Å². The zero-order valence-corrected chi connectivity index (χ0v) is 13.2. The van der Waals surface area contributed by atoms with Crippen molar-refractivity contribution in [2.24, 2.45) is 0 Å². The van der Waals surface area contributed by atoms with Crippen LogP contribution in [0.2, 0.25) is 0 Å². The number of nitrogens with zero attached hydrogens (tertiary/aromatic N) is 3. The van der Waals surface area contributed by atoms with Crippen LogP contribution in [0.4, 0.5) is 5.69 Å². The van der Waals surface area contributed by atoms with Crippen molar-refractivity contribution in [3.63, 3.8) is 0 Å². The summed E-state index contributed by atoms with van der Waals surface area (Å²) in [6.45, 7) is 2.70. The minimum absolute atomic E-state index is 0.00397. The molecule has 0 aliphatic carbocycles. The first kappa shape index (κ1) is 15.7. The van der Waals surface area contributed by atoms with Gasteiger partial charge in [0.25, 0.3) is 5.91 Å². The molecule has 7 heteroatoms. The van der Waals surface area contributed by atoms with Gasteiger partial charge in [-0.2, -0.15) is 10.4 Å². The number of aromatic nitrogens is 2. The molecule has 1 amide bonds. The van der Waals surface area contributed by atoms with Crippen LogP contribution in [0, 0.1) is 16.7 Å². The van der Waals surface area contributed by atoms with E-state index in [4.69, 9.17) is 15.4 Å². The molecule has 1 aromatic heterocycles. The van der Waals surface area contributed by atoms with Crippen LogP contribution in [-0.2, 0) is 4.79 Å². The third-order valence-electron chi connectivity index (χ3n) is 4.05. The predicted molar refractivity (Wildman–Crippen MR) is 88.4 cm³/mol. The summed E-state index contributed by atoms with van der Waals surface area (Å²) < 4.78 is 5.54. The van der Waals surface area contributed by atoms with Crippen LogP contribution in [0.3, 0.4) is 0 Å². The molecule has 0 radical (unpaired) electrons. The maximum absolute atomic E-state index is 12.7. The maximum Gasteiger partial charge on any atom is 0.272 e. The molecule has 2 aromatic rings. The van der Waals surface area contributed by atoms with Crippen molar-refractivity contribution in [2.45, 2.75) is 19.3 Å². The van der Waals surface area contributed by atoms with Gasteiger partial charge in [-0.1, -0.05) is 19.1 Å². The number of carbonyl (C=O) groups is 1. The number of hydrogen-bond donors (Lipinski definition) is 2. The maximum atomic E-state index is 12.7. The number of benzene rings is 1. The molecule has 7 nitrogen and oxygen atoms in total. The Morgan fingerprint density at radius 1 is 1.54 bits per heavy atom. The number of carbonyl (C=O) groups excluding carboxylic acids is 1. The fourth-order valence-corrected chi connectivity index (χ4v) is 2.81. The van der Waals surface area contributed by atoms with Gasteiger partial charge in [0.2, 0.25) is 0 Å². The number of nitrogens with one attached hydrogen (secondary N) is 2. The second-order valence-corrected chi connectivity index (χ2v) is 5.66. The number of anilines is 1. The third-order valence-corrected chi connectivity index (χ3v) is 4.05. The third kappa shape index (κ3) is 2.86. The molecule has 0 bridgehead atoms. The fraction of sp³-hybridized carbons (Fsp3) is 0.294. The van der Waals surface area contributed by atoms with Crippen LogP contribution in [-0.4, -0.2) is 35.0 Å². The Morgan fingerprint density at radius 2 is 2.33 bits per heavy atom. The monoisotopic (exact) mass is 323 g/mol. The van der Waals surface area contributed by atoms with Crippen molar-refractivity contribution < 1.29 is 9.53 Å². The van der Waals surface area contributed by atoms with Crippen molar-refractivity contribution in [3.8, 4) is 11.8 Å². The summed E-state index contributed by atoms with van der Waals surface area (Å²) >= 11 is 0. The highest BCUT2D eigenvalue weighted by atomic mass is 16.5. The van der Waals surface area contributed by atoms with E-state index < -0.39 is 0 Å². The Hall–Kier alpha value is -3.14. The number of nitriles is 1. The molecular formula is C17H17N5O2. The lowest BCUT2D eigenvalue weighted by Gasteiger charge is -2.29. The molecule has 1 aromatic carbocycles. The van der Waals surface area contributed by atoms with Gasteiger partial charge in [-0.3, -0.25) is 15.3 Å². The second-order valence-electron chi connectivity index (χ2n) is 5.66. The second kappa shape index (κ2) is 6.54. The van der Waals surface area contributed by atoms with Crippen LogP contribution in [0.5, 0.6) is 5.75 Å². The van der Waals surface area contributed by atoms with Crippen molar-refractivity contribution >= 4 is 17.3 Å². The van der Waals surface area contributed by atoms with Gasteiger partial charge in [-0.25, -0.2) is 0 Å². The van der Waals surface area contributed by atoms with E-state index in [2.05, 4.69) is 10.2 Å². The Bertz CT molecular complexity index is 820. The van der Waals surface area contributed by atoms with E-state index >= 15 is 0 Å². The van der Waals surface area contributed by atoms with Gasteiger partial charge in [0.15, 0.2) is 5.69 Å². The highest BCUT2D eigenvalue weighted by molar-refractivity contribution is 6.42. The first-order chi connectivity index (χ1) is 11.6. The summed E-state index contributed by atoms with van der Waals surface area (Å²) in [6.07, 6.45) is 1.89. The van der Waals surface area contributed by atoms with E-state index in [0.717, 1.165) is 5.56 Å². The molecule has 1 unspecified atom stereocenters. The summed E-state index contributed by atoms with van der Waals surface area (Å²) in [4.78, 5) is 14.3. The summed E-state index contributed by atoms with van der Waals surface area (Å²) in [6, 6.07) is 9.32. The number of aromatic amines is 1. The van der Waals surface area contributed by atoms with Crippen LogP contribution >= 0.6 is 0 Å². The fourth-order valence-electron chi connectivity index (χ4n) is 2.81. The number of para-hydroxylation sites is 2. The number of H-pyrrole nitrogens is 1. The van der Waals surface area contributed by atoms with E-state index in [1.807, 2.05) is 37.3 Å². The molecule has 2 heterocycles. The van der Waals surface area contributed by atoms with Gasteiger partial charge in [0.1, 0.15) is 18.4 Å². The summed E-state index contributed by atoms with van der Waals surface area (Å²) in [7, 11) is 0. The van der Waals surface area contributed by atoms with E-state index in [0.29, 0.717) is 30.3 Å². The lowest BCUT2D eigenvalue weighted by molar-refractivity contribution is -0.113. The van der Waals surface area contributed by atoms with Crippen molar-refractivity contribution in [1.82, 2.24) is 10.2 Å². The summed E-state index contributed by atoms with van der Waals surface area (Å²) in [5.74, 6) is 0.172. The molecule has 0 spiro atoms. The first-order valence-electron chi connectivity index (χ1n) is 7.66. The molecule has 1 aliphatic rings. The molecule has 24 heavy (non-hydrogen) atoms. The van der Waals surface area contributed by atoms with Crippen LogP contribution in [0.1, 0.15) is 30.5 Å². The minimum Gasteiger partial charge on any atom is -0.490 e. The highest BCUT2D eigenvalue weighted by Gasteiger charge is 2.27. The van der Waals surface area contributed by atoms with E-state index in [9.17, 15) is 4.79 Å². The number of ether oxygens (including phenoxy) is 1. The number of hydrogen-bond acceptors (Lipinski definition) is 5. The Labute approximate surface area is 139 Å². The molecule has 122 valence electrons. The lowest BCUT2D eigenvalue weighted by Crippen LogP contribution is -2.42. The lowest BCUT2D eigenvalue weighted by atomic mass is 9.95. The van der Waals surface area contributed by atoms with Gasteiger partial charge in [0, 0.05) is 18.2 Å². The molecule has 2 N–H and O–H groups in total. The van der Waals surface area contributed by atoms with E-state index in [1.165, 1.54) is 0 Å². The van der Waals surface area contributed by atoms with Gasteiger partial charge in [-0.15, -0.1) is 0 Å². The Balaban J connectivity index is 1.74. The van der Waals surface area contributed by atoms with E-state index in [-0.39, 0.29) is 24.0 Å². The van der Waals surface area contributed by atoms with Gasteiger partial charge < -0.3 is 9.64 Å². The molecule has 3 rings (SSSR count). The molecular weight excluding hydrogens is 306 g/mol. The smallest absolute Gasteiger partial charge is 0.272 e. The number of amides is 1. The quantitative estimate of drug-likeness (QED) is 0.841. The molecule has 1 aliphatic heterocycles. The zero-order chi connectivity index (χ0) is 17.1. The summed E-state index contributed by atoms with van der Waals surface area (Å²) in [5.41, 5.74) is 1.72. The average molecular weight is 323 g/mol. The SMILES string of the molecule is CC(CC(=N)C(=O)N1CCOc2ccccc21)c1c[nH]nc1C#N. The van der Waals surface area contributed by atoms with Crippen LogP contribution in [0.25, 0.3) is 0 Å². The molecule has 0 fully saturated rings.